The van der Waals surface area contributed by atoms with E-state index in [-0.39, 0.29) is 59.8 Å². The zero-order valence-corrected chi connectivity index (χ0v) is 30.9. The van der Waals surface area contributed by atoms with Crippen molar-refractivity contribution in [1.82, 2.24) is 0 Å². The van der Waals surface area contributed by atoms with Crippen molar-refractivity contribution in [1.29, 1.82) is 0 Å². The Labute approximate surface area is 263 Å². The molecule has 0 bridgehead atoms. The van der Waals surface area contributed by atoms with Crippen molar-refractivity contribution in [3.8, 4) is 0 Å². The third-order valence-electron chi connectivity index (χ3n) is 8.35. The van der Waals surface area contributed by atoms with E-state index in [1.54, 1.807) is 22.3 Å². The fourth-order valence-electron chi connectivity index (χ4n) is 6.95. The van der Waals surface area contributed by atoms with E-state index >= 15 is 0 Å². The van der Waals surface area contributed by atoms with E-state index in [0.29, 0.717) is 8.45 Å². The second-order valence-electron chi connectivity index (χ2n) is 12.4. The maximum Gasteiger partial charge on any atom is -1.00 e. The molecule has 0 saturated carbocycles. The molecule has 0 fully saturated rings. The average molecular weight is 637 g/mol. The van der Waals surface area contributed by atoms with E-state index in [1.165, 1.54) is 22.3 Å². The second-order valence-corrected chi connectivity index (χ2v) is 21.5. The number of benzene rings is 2. The van der Waals surface area contributed by atoms with Crippen LogP contribution in [-0.4, -0.2) is 22.6 Å². The van der Waals surface area contributed by atoms with Gasteiger partial charge in [-0.05, 0) is 0 Å². The topological polar surface area (TPSA) is 0 Å². The number of halogens is 2. The SMILES string of the molecule is Cc1ccc(C)c2c1C=C(P(C(C)C)C(C)C)[CH]2[Ti+2][CH]1C(P(C(C)C)C(C)C)=Cc2c(C)ccc(C)c21.[Cl-].[Cl-]. The first kappa shape index (κ1) is 35.3. The predicted octanol–water partition coefficient (Wildman–Crippen LogP) is 5.10. The van der Waals surface area contributed by atoms with E-state index in [0.717, 1.165) is 22.6 Å². The Morgan fingerprint density at radius 3 is 1.08 bits per heavy atom. The summed E-state index contributed by atoms with van der Waals surface area (Å²) < 4.78 is 1.31. The maximum absolute atomic E-state index is 2.69. The Morgan fingerprint density at radius 2 is 0.795 bits per heavy atom. The van der Waals surface area contributed by atoms with E-state index < -0.39 is 0 Å². The molecule has 2 aromatic carbocycles. The maximum atomic E-state index is 2.69. The minimum absolute atomic E-state index is 0. The van der Waals surface area contributed by atoms with Gasteiger partial charge in [0.2, 0.25) is 0 Å². The molecule has 0 N–H and O–H groups in total. The van der Waals surface area contributed by atoms with Crippen LogP contribution in [0.4, 0.5) is 0 Å². The summed E-state index contributed by atoms with van der Waals surface area (Å²) in [5.41, 5.74) is 15.4. The van der Waals surface area contributed by atoms with Crippen molar-refractivity contribution in [3.63, 3.8) is 0 Å². The molecule has 0 aromatic heterocycles. The van der Waals surface area contributed by atoms with Crippen LogP contribution in [0.1, 0.15) is 108 Å². The fraction of sp³-hybridized carbons (Fsp3) is 0.529. The van der Waals surface area contributed by atoms with Crippen LogP contribution in [0.5, 0.6) is 0 Å². The molecule has 0 heterocycles. The van der Waals surface area contributed by atoms with Gasteiger partial charge in [-0.1, -0.05) is 0 Å². The van der Waals surface area contributed by atoms with Crippen LogP contribution in [0.2, 0.25) is 0 Å². The third-order valence-corrected chi connectivity index (χ3v) is 18.4. The number of hydrogen-bond donors (Lipinski definition) is 0. The fourth-order valence-corrected chi connectivity index (χ4v) is 18.2. The predicted molar refractivity (Wildman–Crippen MR) is 168 cm³/mol. The van der Waals surface area contributed by atoms with E-state index in [1.807, 2.05) is 10.6 Å². The van der Waals surface area contributed by atoms with Gasteiger partial charge in [0.25, 0.3) is 0 Å². The Balaban J connectivity index is 0.00000267. The van der Waals surface area contributed by atoms with Crippen LogP contribution >= 0.6 is 15.8 Å². The summed E-state index contributed by atoms with van der Waals surface area (Å²) in [6, 6.07) is 9.53. The van der Waals surface area contributed by atoms with Crippen LogP contribution < -0.4 is 24.8 Å². The first-order valence-corrected chi connectivity index (χ1v) is 19.1. The summed E-state index contributed by atoms with van der Waals surface area (Å²) in [4.78, 5) is 0. The summed E-state index contributed by atoms with van der Waals surface area (Å²) in [7, 11) is -0.336. The van der Waals surface area contributed by atoms with Crippen LogP contribution in [0.25, 0.3) is 12.2 Å². The van der Waals surface area contributed by atoms with Gasteiger partial charge in [0.05, 0.1) is 0 Å². The van der Waals surface area contributed by atoms with Crippen molar-refractivity contribution in [2.24, 2.45) is 0 Å². The molecule has 0 aliphatic heterocycles. The number of allylic oxidation sites excluding steroid dienone is 2. The minimum Gasteiger partial charge on any atom is -1.00 e. The number of rotatable bonds is 8. The van der Waals surface area contributed by atoms with Gasteiger partial charge in [0.1, 0.15) is 0 Å². The standard InChI is InChI=1S/2C17H24P.2ClH.Ti/c2*1-11(2)18(12(3)4)15-9-16-13(5)7-8-14(6)17(16)10-15;;;/h2*7-12H,1-6H3;2*1H;/q;;;;+2/p-2. The molecule has 212 valence electrons. The molecule has 0 saturated heterocycles. The molecule has 4 rings (SSSR count). The monoisotopic (exact) mass is 636 g/mol. The summed E-state index contributed by atoms with van der Waals surface area (Å²) in [6.07, 6.45) is 5.38. The zero-order chi connectivity index (χ0) is 27.3. The average Bonchev–Trinajstić information content (AvgIpc) is 3.34. The molecule has 0 nitrogen and oxygen atoms in total. The molecular weight excluding hydrogens is 589 g/mol. The molecule has 2 aromatic rings. The van der Waals surface area contributed by atoms with Crippen LogP contribution in [0.3, 0.4) is 0 Å². The van der Waals surface area contributed by atoms with Gasteiger partial charge in [0, 0.05) is 0 Å². The van der Waals surface area contributed by atoms with Gasteiger partial charge in [-0.2, -0.15) is 0 Å². The van der Waals surface area contributed by atoms with E-state index in [9.17, 15) is 0 Å². The van der Waals surface area contributed by atoms with Gasteiger partial charge in [0.15, 0.2) is 0 Å². The van der Waals surface area contributed by atoms with E-state index in [4.69, 9.17) is 0 Å². The summed E-state index contributed by atoms with van der Waals surface area (Å²) >= 11 is -0.364. The van der Waals surface area contributed by atoms with Gasteiger partial charge >= 0.3 is 241 Å². The Morgan fingerprint density at radius 1 is 0.513 bits per heavy atom. The smallest absolute Gasteiger partial charge is 1.00 e. The van der Waals surface area contributed by atoms with Crippen LogP contribution in [-0.2, 0) is 19.2 Å². The van der Waals surface area contributed by atoms with Crippen molar-refractivity contribution >= 4 is 28.0 Å². The normalized spacial score (nSPS) is 17.9. The first-order chi connectivity index (χ1) is 17.3. The minimum atomic E-state index is -0.364. The molecule has 0 amide bonds. The summed E-state index contributed by atoms with van der Waals surface area (Å²) in [5.74, 6) is 0. The molecule has 0 radical (unpaired) electrons. The van der Waals surface area contributed by atoms with Gasteiger partial charge < -0.3 is 24.8 Å². The number of aryl methyl sites for hydroxylation is 4. The van der Waals surface area contributed by atoms with Gasteiger partial charge in [-0.25, -0.2) is 0 Å². The molecule has 2 aliphatic carbocycles. The third kappa shape index (κ3) is 6.69. The van der Waals surface area contributed by atoms with Crippen LogP contribution in [0, 0.1) is 27.7 Å². The summed E-state index contributed by atoms with van der Waals surface area (Å²) in [5, 5.41) is 3.65. The molecule has 2 atom stereocenters. The Bertz CT molecular complexity index is 1130. The second kappa shape index (κ2) is 14.0. The van der Waals surface area contributed by atoms with Crippen molar-refractivity contribution in [2.75, 3.05) is 0 Å². The molecule has 39 heavy (non-hydrogen) atoms. The largest absolute Gasteiger partial charge is 1.00 e. The molecule has 5 heteroatoms. The Kier molecular flexibility index (Phi) is 12.7. The van der Waals surface area contributed by atoms with Gasteiger partial charge in [-0.3, -0.25) is 0 Å². The van der Waals surface area contributed by atoms with Crippen molar-refractivity contribution in [2.45, 2.75) is 114 Å². The van der Waals surface area contributed by atoms with E-state index in [2.05, 4.69) is 120 Å². The van der Waals surface area contributed by atoms with Gasteiger partial charge in [-0.15, -0.1) is 0 Å². The number of hydrogen-bond acceptors (Lipinski definition) is 0. The molecular formula is C34H48Cl2P2Ti. The van der Waals surface area contributed by atoms with Crippen molar-refractivity contribution < 1.29 is 44.0 Å². The molecule has 2 aliphatic rings. The summed E-state index contributed by atoms with van der Waals surface area (Å²) in [6.45, 7) is 29.3. The molecule has 0 spiro atoms. The Hall–Kier alpha value is 0.0743. The first-order valence-electron chi connectivity index (χ1n) is 14.3. The van der Waals surface area contributed by atoms with Crippen LogP contribution in [0.15, 0.2) is 34.9 Å². The zero-order valence-electron chi connectivity index (χ0n) is 26.1. The number of fused-ring (bicyclic) bond motifs is 2. The quantitative estimate of drug-likeness (QED) is 0.280. The van der Waals surface area contributed by atoms with Crippen molar-refractivity contribution in [3.05, 3.63) is 79.4 Å². The molecule has 2 unspecified atom stereocenters.